The van der Waals surface area contributed by atoms with Crippen molar-refractivity contribution < 1.29 is 4.74 Å². The van der Waals surface area contributed by atoms with Gasteiger partial charge in [-0.3, -0.25) is 4.68 Å². The molecular weight excluding hydrogens is 156 g/mol. The Balaban J connectivity index is 2.15. The molecule has 0 fully saturated rings. The van der Waals surface area contributed by atoms with Crippen LogP contribution in [0.1, 0.15) is 12.1 Å². The molecule has 0 aliphatic carbocycles. The van der Waals surface area contributed by atoms with Crippen LogP contribution in [0.2, 0.25) is 0 Å². The van der Waals surface area contributed by atoms with Crippen LogP contribution < -0.4 is 5.73 Å². The van der Waals surface area contributed by atoms with Gasteiger partial charge in [-0.25, -0.2) is 0 Å². The second kappa shape index (κ2) is 4.84. The van der Waals surface area contributed by atoms with E-state index in [1.807, 2.05) is 13.2 Å². The lowest BCUT2D eigenvalue weighted by atomic mass is 10.4. The molecule has 0 aliphatic heterocycles. The van der Waals surface area contributed by atoms with E-state index >= 15 is 0 Å². The molecule has 2 N–H and O–H groups in total. The maximum atomic E-state index is 5.30. The lowest BCUT2D eigenvalue weighted by Crippen LogP contribution is -2.04. The summed E-state index contributed by atoms with van der Waals surface area (Å²) in [5.74, 6) is 0. The zero-order chi connectivity index (χ0) is 8.81. The van der Waals surface area contributed by atoms with E-state index < -0.39 is 0 Å². The van der Waals surface area contributed by atoms with Crippen LogP contribution in [0.5, 0.6) is 0 Å². The summed E-state index contributed by atoms with van der Waals surface area (Å²) in [7, 11) is 1.83. The Morgan fingerprint density at radius 2 is 2.50 bits per heavy atom. The molecule has 68 valence electrons. The van der Waals surface area contributed by atoms with Gasteiger partial charge < -0.3 is 10.5 Å². The van der Waals surface area contributed by atoms with Crippen LogP contribution in [0.4, 0.5) is 0 Å². The van der Waals surface area contributed by atoms with Crippen LogP contribution >= 0.6 is 0 Å². The fourth-order valence-corrected chi connectivity index (χ4v) is 0.824. The Labute approximate surface area is 71.5 Å². The van der Waals surface area contributed by atoms with Crippen molar-refractivity contribution in [3.05, 3.63) is 11.9 Å². The summed E-state index contributed by atoms with van der Waals surface area (Å²) in [6, 6.07) is 0. The van der Waals surface area contributed by atoms with E-state index in [1.165, 1.54) is 0 Å². The van der Waals surface area contributed by atoms with Gasteiger partial charge in [-0.15, -0.1) is 5.10 Å². The Hall–Kier alpha value is -0.940. The van der Waals surface area contributed by atoms with Gasteiger partial charge in [0.25, 0.3) is 0 Å². The number of hydrogen-bond acceptors (Lipinski definition) is 4. The largest absolute Gasteiger partial charge is 0.375 e. The summed E-state index contributed by atoms with van der Waals surface area (Å²) in [4.78, 5) is 0. The fraction of sp³-hybridized carbons (Fsp3) is 0.714. The summed E-state index contributed by atoms with van der Waals surface area (Å²) < 4.78 is 6.93. The minimum absolute atomic E-state index is 0.522. The molecule has 0 bridgehead atoms. The first-order chi connectivity index (χ1) is 5.83. The van der Waals surface area contributed by atoms with E-state index in [0.717, 1.165) is 12.1 Å². The SMILES string of the molecule is Cn1cc(COCCCN)nn1. The Morgan fingerprint density at radius 3 is 3.08 bits per heavy atom. The Morgan fingerprint density at radius 1 is 1.67 bits per heavy atom. The number of aromatic nitrogens is 3. The summed E-state index contributed by atoms with van der Waals surface area (Å²) in [5.41, 5.74) is 6.16. The van der Waals surface area contributed by atoms with Crippen molar-refractivity contribution in [2.24, 2.45) is 12.8 Å². The number of aryl methyl sites for hydroxylation is 1. The molecule has 0 radical (unpaired) electrons. The first-order valence-corrected chi connectivity index (χ1v) is 3.96. The molecule has 5 nitrogen and oxygen atoms in total. The molecule has 1 heterocycles. The van der Waals surface area contributed by atoms with Gasteiger partial charge in [-0.2, -0.15) is 0 Å². The lowest BCUT2D eigenvalue weighted by molar-refractivity contribution is 0.117. The number of nitrogens with zero attached hydrogens (tertiary/aromatic N) is 3. The van der Waals surface area contributed by atoms with Crippen molar-refractivity contribution in [3.8, 4) is 0 Å². The third-order valence-corrected chi connectivity index (χ3v) is 1.39. The van der Waals surface area contributed by atoms with Gasteiger partial charge in [0.15, 0.2) is 0 Å². The second-order valence-electron chi connectivity index (χ2n) is 2.58. The molecule has 0 spiro atoms. The quantitative estimate of drug-likeness (QED) is 0.615. The van der Waals surface area contributed by atoms with Crippen LogP contribution in [0.15, 0.2) is 6.20 Å². The highest BCUT2D eigenvalue weighted by atomic mass is 16.5. The van der Waals surface area contributed by atoms with Crippen molar-refractivity contribution >= 4 is 0 Å². The van der Waals surface area contributed by atoms with E-state index in [-0.39, 0.29) is 0 Å². The minimum Gasteiger partial charge on any atom is -0.375 e. The second-order valence-corrected chi connectivity index (χ2v) is 2.58. The fourth-order valence-electron chi connectivity index (χ4n) is 0.824. The average Bonchev–Trinajstić information content (AvgIpc) is 2.45. The van der Waals surface area contributed by atoms with Crippen molar-refractivity contribution in [1.29, 1.82) is 0 Å². The number of hydrogen-bond donors (Lipinski definition) is 1. The van der Waals surface area contributed by atoms with Crippen molar-refractivity contribution in [2.75, 3.05) is 13.2 Å². The minimum atomic E-state index is 0.522. The van der Waals surface area contributed by atoms with Crippen molar-refractivity contribution in [3.63, 3.8) is 0 Å². The predicted molar refractivity (Wildman–Crippen MR) is 44.3 cm³/mol. The summed E-state index contributed by atoms with van der Waals surface area (Å²) in [6.45, 7) is 1.88. The van der Waals surface area contributed by atoms with E-state index in [0.29, 0.717) is 19.8 Å². The third kappa shape index (κ3) is 2.98. The van der Waals surface area contributed by atoms with Crippen LogP contribution in [-0.4, -0.2) is 28.1 Å². The van der Waals surface area contributed by atoms with Crippen LogP contribution in [0.25, 0.3) is 0 Å². The lowest BCUT2D eigenvalue weighted by Gasteiger charge is -1.98. The van der Waals surface area contributed by atoms with Gasteiger partial charge in [-0.05, 0) is 13.0 Å². The first-order valence-electron chi connectivity index (χ1n) is 3.96. The van der Waals surface area contributed by atoms with Gasteiger partial charge in [0.2, 0.25) is 0 Å². The van der Waals surface area contributed by atoms with Crippen LogP contribution in [0, 0.1) is 0 Å². The third-order valence-electron chi connectivity index (χ3n) is 1.39. The van der Waals surface area contributed by atoms with Crippen molar-refractivity contribution in [2.45, 2.75) is 13.0 Å². The molecule has 0 saturated carbocycles. The first kappa shape index (κ1) is 9.15. The molecule has 0 amide bonds. The maximum absolute atomic E-state index is 5.30. The smallest absolute Gasteiger partial charge is 0.108 e. The molecule has 0 unspecified atom stereocenters. The van der Waals surface area contributed by atoms with Gasteiger partial charge in [0.05, 0.1) is 12.8 Å². The van der Waals surface area contributed by atoms with Gasteiger partial charge in [-0.1, -0.05) is 5.21 Å². The molecule has 5 heteroatoms. The molecule has 0 saturated heterocycles. The van der Waals surface area contributed by atoms with E-state index in [2.05, 4.69) is 10.3 Å². The molecule has 0 aliphatic rings. The standard InChI is InChI=1S/C7H14N4O/c1-11-5-7(9-10-11)6-12-4-2-3-8/h5H,2-4,6,8H2,1H3. The Kier molecular flexibility index (Phi) is 3.69. The predicted octanol–water partition coefficient (Wildman–Crippen LogP) is -0.320. The van der Waals surface area contributed by atoms with E-state index in [4.69, 9.17) is 10.5 Å². The number of ether oxygens (including phenoxy) is 1. The topological polar surface area (TPSA) is 66.0 Å². The van der Waals surface area contributed by atoms with Gasteiger partial charge in [0, 0.05) is 13.7 Å². The van der Waals surface area contributed by atoms with E-state index in [9.17, 15) is 0 Å². The molecular formula is C7H14N4O. The zero-order valence-corrected chi connectivity index (χ0v) is 7.23. The highest BCUT2D eigenvalue weighted by Gasteiger charge is 1.96. The van der Waals surface area contributed by atoms with E-state index in [1.54, 1.807) is 4.68 Å². The Bertz CT molecular complexity index is 223. The zero-order valence-electron chi connectivity index (χ0n) is 7.23. The highest BCUT2D eigenvalue weighted by molar-refractivity contribution is 4.88. The number of rotatable bonds is 5. The van der Waals surface area contributed by atoms with Crippen molar-refractivity contribution in [1.82, 2.24) is 15.0 Å². The highest BCUT2D eigenvalue weighted by Crippen LogP contribution is 1.94. The van der Waals surface area contributed by atoms with Gasteiger partial charge in [0.1, 0.15) is 5.69 Å². The van der Waals surface area contributed by atoms with Crippen LogP contribution in [-0.2, 0) is 18.4 Å². The molecule has 1 aromatic heterocycles. The summed E-state index contributed by atoms with van der Waals surface area (Å²) in [6.07, 6.45) is 2.72. The average molecular weight is 170 g/mol. The molecule has 0 atom stereocenters. The molecule has 0 aromatic carbocycles. The number of nitrogens with two attached hydrogens (primary N) is 1. The summed E-state index contributed by atoms with van der Waals surface area (Å²) >= 11 is 0. The molecule has 1 rings (SSSR count). The summed E-state index contributed by atoms with van der Waals surface area (Å²) in [5, 5.41) is 7.65. The van der Waals surface area contributed by atoms with Crippen LogP contribution in [0.3, 0.4) is 0 Å². The van der Waals surface area contributed by atoms with Gasteiger partial charge >= 0.3 is 0 Å². The monoisotopic (exact) mass is 170 g/mol. The normalized spacial score (nSPS) is 10.5. The molecule has 1 aromatic rings. The maximum Gasteiger partial charge on any atom is 0.108 e. The molecule has 12 heavy (non-hydrogen) atoms.